The van der Waals surface area contributed by atoms with Crippen molar-refractivity contribution in [3.8, 4) is 0 Å². The highest BCUT2D eigenvalue weighted by Crippen LogP contribution is 2.10. The smallest absolute Gasteiger partial charge is 0.276 e. The predicted molar refractivity (Wildman–Crippen MR) is 77.3 cm³/mol. The molecule has 0 saturated carbocycles. The second kappa shape index (κ2) is 5.79. The molecule has 2 aromatic rings. The molecule has 1 aliphatic rings. The van der Waals surface area contributed by atoms with Crippen LogP contribution in [0.15, 0.2) is 54.6 Å². The molecule has 0 saturated heterocycles. The highest BCUT2D eigenvalue weighted by Gasteiger charge is 2.25. The van der Waals surface area contributed by atoms with E-state index in [0.717, 1.165) is 22.5 Å². The summed E-state index contributed by atoms with van der Waals surface area (Å²) in [6.45, 7) is 0.712. The third-order valence-corrected chi connectivity index (χ3v) is 3.63. The molecule has 1 atom stereocenters. The van der Waals surface area contributed by atoms with E-state index in [-0.39, 0.29) is 0 Å². The fourth-order valence-electron chi connectivity index (χ4n) is 2.54. The number of fused-ring (bicyclic) bond motifs is 1. The summed E-state index contributed by atoms with van der Waals surface area (Å²) in [5.74, 6) is -0.340. The van der Waals surface area contributed by atoms with Crippen LogP contribution in [0.4, 0.5) is 0 Å². The van der Waals surface area contributed by atoms with E-state index in [1.54, 1.807) is 0 Å². The van der Waals surface area contributed by atoms with E-state index in [9.17, 15) is 9.90 Å². The Kier molecular flexibility index (Phi) is 3.69. The van der Waals surface area contributed by atoms with Crippen molar-refractivity contribution in [3.05, 3.63) is 71.3 Å². The van der Waals surface area contributed by atoms with E-state index in [4.69, 9.17) is 0 Å². The van der Waals surface area contributed by atoms with E-state index >= 15 is 0 Å². The Morgan fingerprint density at radius 1 is 1.14 bits per heavy atom. The van der Waals surface area contributed by atoms with E-state index in [2.05, 4.69) is 10.3 Å². The minimum Gasteiger partial charge on any atom is -0.546 e. The molecule has 4 nitrogen and oxygen atoms in total. The largest absolute Gasteiger partial charge is 0.546 e. The summed E-state index contributed by atoms with van der Waals surface area (Å²) >= 11 is 0. The number of carboxylic acids is 1. The Morgan fingerprint density at radius 2 is 1.86 bits per heavy atom. The molecule has 21 heavy (non-hydrogen) atoms. The van der Waals surface area contributed by atoms with Gasteiger partial charge in [0.15, 0.2) is 0 Å². The molecule has 0 bridgehead atoms. The van der Waals surface area contributed by atoms with Gasteiger partial charge in [0.1, 0.15) is 12.6 Å². The lowest BCUT2D eigenvalue weighted by atomic mass is 10.0. The Balaban J connectivity index is 1.77. The van der Waals surface area contributed by atoms with Crippen molar-refractivity contribution < 1.29 is 14.9 Å². The molecule has 0 unspecified atom stereocenters. The fraction of sp³-hybridized carbons (Fsp3) is 0.176. The zero-order chi connectivity index (χ0) is 14.7. The van der Waals surface area contributed by atoms with Crippen LogP contribution in [0.1, 0.15) is 16.7 Å². The van der Waals surface area contributed by atoms with Crippen LogP contribution in [-0.2, 0) is 17.8 Å². The second-order valence-corrected chi connectivity index (χ2v) is 5.09. The van der Waals surface area contributed by atoms with E-state index in [1.807, 2.05) is 54.6 Å². The maximum absolute atomic E-state index is 11.4. The molecular weight excluding hydrogens is 264 g/mol. The van der Waals surface area contributed by atoms with Crippen LogP contribution in [0.25, 0.3) is 0 Å². The lowest BCUT2D eigenvalue weighted by molar-refractivity contribution is -0.471. The number of benzene rings is 2. The van der Waals surface area contributed by atoms with Crippen LogP contribution in [0.2, 0.25) is 0 Å². The van der Waals surface area contributed by atoms with Gasteiger partial charge in [-0.2, -0.15) is 0 Å². The molecule has 2 aromatic carbocycles. The van der Waals surface area contributed by atoms with Gasteiger partial charge in [-0.05, 0) is 11.6 Å². The average molecular weight is 280 g/mol. The molecule has 0 aromatic heterocycles. The molecule has 106 valence electrons. The second-order valence-electron chi connectivity index (χ2n) is 5.09. The van der Waals surface area contributed by atoms with Gasteiger partial charge < -0.3 is 9.90 Å². The number of nitrogens with one attached hydrogen (secondary N) is 2. The first-order valence-electron chi connectivity index (χ1n) is 6.94. The zero-order valence-corrected chi connectivity index (χ0v) is 11.5. The van der Waals surface area contributed by atoms with Crippen LogP contribution in [-0.4, -0.2) is 17.8 Å². The number of carbonyl (C=O) groups excluding carboxylic acids is 1. The minimum atomic E-state index is -1.10. The van der Waals surface area contributed by atoms with Crippen LogP contribution >= 0.6 is 0 Å². The standard InChI is InChI=1S/C17H16N2O2/c20-17(21)15(10-12-6-2-1-3-7-12)19-16-14-9-5-4-8-13(14)11-18-16/h1-9,15H,10-11H2,(H,18,19)(H,20,21)/t15-/m1/s1. The van der Waals surface area contributed by atoms with Crippen molar-refractivity contribution in [2.24, 2.45) is 0 Å². The maximum atomic E-state index is 11.4. The van der Waals surface area contributed by atoms with Crippen molar-refractivity contribution in [2.75, 3.05) is 0 Å². The van der Waals surface area contributed by atoms with Gasteiger partial charge in [-0.1, -0.05) is 48.5 Å². The van der Waals surface area contributed by atoms with Gasteiger partial charge in [0.05, 0.1) is 11.5 Å². The molecule has 2 N–H and O–H groups in total. The molecule has 1 aliphatic heterocycles. The monoisotopic (exact) mass is 280 g/mol. The summed E-state index contributed by atoms with van der Waals surface area (Å²) in [5, 5.41) is 14.5. The van der Waals surface area contributed by atoms with E-state index in [0.29, 0.717) is 13.0 Å². The molecule has 0 amide bonds. The summed E-state index contributed by atoms with van der Waals surface area (Å²) in [4.78, 5) is 14.6. The van der Waals surface area contributed by atoms with Gasteiger partial charge in [0.2, 0.25) is 0 Å². The maximum Gasteiger partial charge on any atom is 0.276 e. The summed E-state index contributed by atoms with van der Waals surface area (Å²) in [5.41, 5.74) is 3.15. The molecule has 0 aliphatic carbocycles. The van der Waals surface area contributed by atoms with Crippen molar-refractivity contribution in [2.45, 2.75) is 19.0 Å². The zero-order valence-electron chi connectivity index (χ0n) is 11.5. The molecule has 0 radical (unpaired) electrons. The summed E-state index contributed by atoms with van der Waals surface area (Å²) < 4.78 is 0. The molecule has 1 heterocycles. The van der Waals surface area contributed by atoms with Crippen molar-refractivity contribution in [3.63, 3.8) is 0 Å². The van der Waals surface area contributed by atoms with Gasteiger partial charge in [0.25, 0.3) is 5.84 Å². The van der Waals surface area contributed by atoms with Crippen LogP contribution in [0.5, 0.6) is 0 Å². The lowest BCUT2D eigenvalue weighted by Gasteiger charge is -2.16. The van der Waals surface area contributed by atoms with Crippen molar-refractivity contribution >= 4 is 11.8 Å². The predicted octanol–water partition coefficient (Wildman–Crippen LogP) is -1.02. The Bertz CT molecular complexity index is 680. The van der Waals surface area contributed by atoms with Crippen LogP contribution in [0.3, 0.4) is 0 Å². The normalized spacial score (nSPS) is 14.2. The summed E-state index contributed by atoms with van der Waals surface area (Å²) in [6.07, 6.45) is 0.385. The summed E-state index contributed by atoms with van der Waals surface area (Å²) in [7, 11) is 0. The number of carboxylic acid groups (broad SMARTS) is 1. The van der Waals surface area contributed by atoms with Crippen LogP contribution < -0.4 is 15.4 Å². The molecular formula is C17H16N2O2. The SMILES string of the molecule is O=C([O-])[C@@H](Cc1ccccc1)NC1=[NH+]Cc2ccccc21. The third-order valence-electron chi connectivity index (χ3n) is 3.63. The third kappa shape index (κ3) is 2.94. The van der Waals surface area contributed by atoms with Gasteiger partial charge in [-0.25, -0.2) is 0 Å². The highest BCUT2D eigenvalue weighted by molar-refractivity contribution is 5.98. The quantitative estimate of drug-likeness (QED) is 0.753. The van der Waals surface area contributed by atoms with Gasteiger partial charge in [-0.3, -0.25) is 10.3 Å². The first-order valence-corrected chi connectivity index (χ1v) is 6.94. The van der Waals surface area contributed by atoms with E-state index < -0.39 is 12.0 Å². The summed E-state index contributed by atoms with van der Waals surface area (Å²) in [6, 6.07) is 16.7. The number of carbonyl (C=O) groups is 1. The number of aliphatic carboxylic acids is 1. The number of rotatable bonds is 4. The molecule has 0 spiro atoms. The number of amidine groups is 1. The minimum absolute atomic E-state index is 0.385. The Hall–Kier alpha value is -2.62. The topological polar surface area (TPSA) is 66.1 Å². The van der Waals surface area contributed by atoms with Crippen molar-refractivity contribution in [1.29, 1.82) is 0 Å². The highest BCUT2D eigenvalue weighted by atomic mass is 16.4. The average Bonchev–Trinajstić information content (AvgIpc) is 2.91. The lowest BCUT2D eigenvalue weighted by Crippen LogP contribution is -2.73. The first-order chi connectivity index (χ1) is 10.2. The first kappa shape index (κ1) is 13.4. The molecule has 4 heteroatoms. The van der Waals surface area contributed by atoms with Gasteiger partial charge >= 0.3 is 0 Å². The number of hydrogen-bond donors (Lipinski definition) is 2. The molecule has 3 rings (SSSR count). The number of hydrogen-bond acceptors (Lipinski definition) is 3. The fourth-order valence-corrected chi connectivity index (χ4v) is 2.54. The van der Waals surface area contributed by atoms with Crippen LogP contribution in [0, 0.1) is 0 Å². The molecule has 0 fully saturated rings. The van der Waals surface area contributed by atoms with E-state index in [1.165, 1.54) is 0 Å². The van der Waals surface area contributed by atoms with Gasteiger partial charge in [-0.15, -0.1) is 0 Å². The van der Waals surface area contributed by atoms with Gasteiger partial charge in [0, 0.05) is 12.0 Å². The Morgan fingerprint density at radius 3 is 2.62 bits per heavy atom. The van der Waals surface area contributed by atoms with Crippen molar-refractivity contribution in [1.82, 2.24) is 5.32 Å². The Labute approximate surface area is 123 Å².